The van der Waals surface area contributed by atoms with Crippen molar-refractivity contribution in [3.8, 4) is 11.3 Å². The van der Waals surface area contributed by atoms with Crippen molar-refractivity contribution in [3.05, 3.63) is 72.4 Å². The lowest BCUT2D eigenvalue weighted by molar-refractivity contribution is -0.719. The molecular formula is C20H17N2+. The van der Waals surface area contributed by atoms with Gasteiger partial charge in [-0.2, -0.15) is 0 Å². The van der Waals surface area contributed by atoms with Gasteiger partial charge in [0.2, 0.25) is 5.69 Å². The minimum atomic E-state index is 1.17. The molecule has 0 saturated heterocycles. The molecule has 0 radical (unpaired) electrons. The molecule has 0 aliphatic heterocycles. The summed E-state index contributed by atoms with van der Waals surface area (Å²) in [6, 6.07) is 21.4. The summed E-state index contributed by atoms with van der Waals surface area (Å²) in [5.41, 5.74) is 3.67. The molecule has 0 fully saturated rings. The topological polar surface area (TPSA) is 16.8 Å². The predicted molar refractivity (Wildman–Crippen MR) is 90.6 cm³/mol. The third-order valence-corrected chi connectivity index (χ3v) is 4.31. The zero-order valence-corrected chi connectivity index (χ0v) is 12.7. The second-order valence-corrected chi connectivity index (χ2v) is 5.68. The van der Waals surface area contributed by atoms with E-state index in [4.69, 9.17) is 0 Å². The van der Waals surface area contributed by atoms with Gasteiger partial charge in [-0.15, -0.1) is 0 Å². The fourth-order valence-electron chi connectivity index (χ4n) is 3.18. The highest BCUT2D eigenvalue weighted by atomic mass is 15.2. The molecule has 0 bridgehead atoms. The summed E-state index contributed by atoms with van der Waals surface area (Å²) in [6.45, 7) is 2.15. The van der Waals surface area contributed by atoms with Gasteiger partial charge in [-0.1, -0.05) is 53.2 Å². The van der Waals surface area contributed by atoms with E-state index in [0.717, 1.165) is 0 Å². The van der Waals surface area contributed by atoms with Gasteiger partial charge in [-0.05, 0) is 40.5 Å². The lowest BCUT2D eigenvalue weighted by atomic mass is 9.97. The van der Waals surface area contributed by atoms with Crippen molar-refractivity contribution < 1.29 is 4.68 Å². The first-order valence-corrected chi connectivity index (χ1v) is 7.48. The summed E-state index contributed by atoms with van der Waals surface area (Å²) in [4.78, 5) is 0. The second kappa shape index (κ2) is 4.92. The summed E-state index contributed by atoms with van der Waals surface area (Å²) in [6.07, 6.45) is 1.97. The van der Waals surface area contributed by atoms with Crippen molar-refractivity contribution >= 4 is 21.5 Å². The summed E-state index contributed by atoms with van der Waals surface area (Å²) >= 11 is 0. The van der Waals surface area contributed by atoms with Crippen LogP contribution < -0.4 is 4.68 Å². The average molecular weight is 285 g/mol. The molecule has 0 aliphatic rings. The van der Waals surface area contributed by atoms with Crippen LogP contribution in [-0.2, 0) is 7.05 Å². The first kappa shape index (κ1) is 13.0. The van der Waals surface area contributed by atoms with Gasteiger partial charge in [0.15, 0.2) is 7.05 Å². The predicted octanol–water partition coefficient (Wildman–Crippen LogP) is 4.19. The molecule has 2 nitrogen and oxygen atoms in total. The molecule has 0 N–H and O–H groups in total. The van der Waals surface area contributed by atoms with E-state index in [1.54, 1.807) is 0 Å². The van der Waals surface area contributed by atoms with Crippen LogP contribution in [0, 0.1) is 6.92 Å². The third-order valence-electron chi connectivity index (χ3n) is 4.31. The molecule has 22 heavy (non-hydrogen) atoms. The zero-order valence-electron chi connectivity index (χ0n) is 12.7. The lowest BCUT2D eigenvalue weighted by Gasteiger charge is -2.08. The Morgan fingerprint density at radius 3 is 2.41 bits per heavy atom. The molecule has 0 atom stereocenters. The number of hydrogen-bond donors (Lipinski definition) is 0. The Labute approximate surface area is 129 Å². The Morgan fingerprint density at radius 2 is 1.55 bits per heavy atom. The maximum atomic E-state index is 4.59. The third kappa shape index (κ3) is 1.88. The minimum Gasteiger partial charge on any atom is -0.0858 e. The zero-order chi connectivity index (χ0) is 15.1. The number of hydrogen-bond acceptors (Lipinski definition) is 1. The van der Waals surface area contributed by atoms with Crippen molar-refractivity contribution in [1.29, 1.82) is 0 Å². The smallest absolute Gasteiger partial charge is 0.0858 e. The van der Waals surface area contributed by atoms with Crippen LogP contribution in [0.5, 0.6) is 0 Å². The Bertz CT molecular complexity index is 1000. The van der Waals surface area contributed by atoms with Crippen LogP contribution in [0.3, 0.4) is 0 Å². The minimum absolute atomic E-state index is 1.17. The Kier molecular flexibility index (Phi) is 2.90. The molecule has 0 saturated carbocycles. The average Bonchev–Trinajstić information content (AvgIpc) is 2.55. The molecule has 4 aromatic rings. The number of rotatable bonds is 1. The molecule has 0 spiro atoms. The van der Waals surface area contributed by atoms with Gasteiger partial charge in [0.1, 0.15) is 6.20 Å². The van der Waals surface area contributed by atoms with E-state index in [-0.39, 0.29) is 0 Å². The molecular weight excluding hydrogens is 268 g/mol. The number of nitrogens with zero attached hydrogens (tertiary/aromatic N) is 2. The van der Waals surface area contributed by atoms with E-state index in [1.807, 2.05) is 17.9 Å². The number of aryl methyl sites for hydroxylation is 2. The molecule has 2 heteroatoms. The number of aromatic nitrogens is 2. The number of benzene rings is 3. The molecule has 0 aliphatic carbocycles. The fraction of sp³-hybridized carbons (Fsp3) is 0.100. The maximum Gasteiger partial charge on any atom is 0.246 e. The molecule has 1 heterocycles. The molecule has 3 aromatic carbocycles. The van der Waals surface area contributed by atoms with Crippen LogP contribution >= 0.6 is 0 Å². The summed E-state index contributed by atoms with van der Waals surface area (Å²) in [5, 5.41) is 9.54. The van der Waals surface area contributed by atoms with Crippen molar-refractivity contribution in [1.82, 2.24) is 5.10 Å². The van der Waals surface area contributed by atoms with E-state index < -0.39 is 0 Å². The van der Waals surface area contributed by atoms with Gasteiger partial charge in [0.05, 0.1) is 10.9 Å². The molecule has 106 valence electrons. The van der Waals surface area contributed by atoms with Crippen LogP contribution in [0.1, 0.15) is 5.56 Å². The highest BCUT2D eigenvalue weighted by Crippen LogP contribution is 2.31. The van der Waals surface area contributed by atoms with Crippen LogP contribution in [0.15, 0.2) is 66.9 Å². The van der Waals surface area contributed by atoms with Gasteiger partial charge in [-0.25, -0.2) is 0 Å². The van der Waals surface area contributed by atoms with Crippen LogP contribution in [-0.4, -0.2) is 5.10 Å². The van der Waals surface area contributed by atoms with Crippen molar-refractivity contribution in [2.45, 2.75) is 6.92 Å². The lowest BCUT2D eigenvalue weighted by Crippen LogP contribution is -2.35. The SMILES string of the molecule is Cc1ccccc1-c1c2ccc3ccccc3c2cn[n+]1C. The highest BCUT2D eigenvalue weighted by molar-refractivity contribution is 6.10. The van der Waals surface area contributed by atoms with E-state index in [1.165, 1.54) is 38.4 Å². The van der Waals surface area contributed by atoms with Gasteiger partial charge in [-0.3, -0.25) is 0 Å². The monoisotopic (exact) mass is 285 g/mol. The van der Waals surface area contributed by atoms with E-state index in [9.17, 15) is 0 Å². The van der Waals surface area contributed by atoms with Crippen LogP contribution in [0.25, 0.3) is 32.8 Å². The normalized spacial score (nSPS) is 11.2. The molecule has 0 amide bonds. The standard InChI is InChI=1S/C20H17N2/c1-14-7-3-5-9-16(14)20-18-12-11-15-8-4-6-10-17(15)19(18)13-21-22(20)2/h3-13H,1-2H3/q+1. The fourth-order valence-corrected chi connectivity index (χ4v) is 3.18. The number of fused-ring (bicyclic) bond motifs is 3. The quantitative estimate of drug-likeness (QED) is 0.378. The molecule has 0 unspecified atom stereocenters. The summed E-state index contributed by atoms with van der Waals surface area (Å²) in [5.74, 6) is 0. The summed E-state index contributed by atoms with van der Waals surface area (Å²) < 4.78 is 1.97. The first-order valence-electron chi connectivity index (χ1n) is 7.48. The van der Waals surface area contributed by atoms with Crippen LogP contribution in [0.2, 0.25) is 0 Å². The second-order valence-electron chi connectivity index (χ2n) is 5.68. The van der Waals surface area contributed by atoms with Crippen LogP contribution in [0.4, 0.5) is 0 Å². The molecule has 4 rings (SSSR count). The molecule has 1 aromatic heterocycles. The van der Waals surface area contributed by atoms with Gasteiger partial charge < -0.3 is 0 Å². The largest absolute Gasteiger partial charge is 0.246 e. The summed E-state index contributed by atoms with van der Waals surface area (Å²) in [7, 11) is 2.01. The van der Waals surface area contributed by atoms with E-state index in [0.29, 0.717) is 0 Å². The van der Waals surface area contributed by atoms with Gasteiger partial charge >= 0.3 is 0 Å². The first-order chi connectivity index (χ1) is 10.8. The Hall–Kier alpha value is -2.74. The maximum absolute atomic E-state index is 4.59. The van der Waals surface area contributed by atoms with Crippen molar-refractivity contribution in [2.75, 3.05) is 0 Å². The van der Waals surface area contributed by atoms with E-state index in [2.05, 4.69) is 72.7 Å². The Morgan fingerprint density at radius 1 is 0.773 bits per heavy atom. The van der Waals surface area contributed by atoms with Gasteiger partial charge in [0.25, 0.3) is 0 Å². The van der Waals surface area contributed by atoms with Gasteiger partial charge in [0, 0.05) is 5.39 Å². The van der Waals surface area contributed by atoms with Crippen molar-refractivity contribution in [3.63, 3.8) is 0 Å². The Balaban J connectivity index is 2.17. The van der Waals surface area contributed by atoms with Crippen molar-refractivity contribution in [2.24, 2.45) is 7.05 Å². The van der Waals surface area contributed by atoms with E-state index >= 15 is 0 Å². The highest BCUT2D eigenvalue weighted by Gasteiger charge is 2.18.